The normalized spacial score (nSPS) is 11.9. The maximum Gasteiger partial charge on any atom is 0.0547 e. The van der Waals surface area contributed by atoms with Crippen molar-refractivity contribution in [2.24, 2.45) is 0 Å². The van der Waals surface area contributed by atoms with Gasteiger partial charge < -0.3 is 9.13 Å². The third kappa shape index (κ3) is 4.22. The van der Waals surface area contributed by atoms with Gasteiger partial charge >= 0.3 is 0 Å². The topological polar surface area (TPSA) is 9.86 Å². The van der Waals surface area contributed by atoms with Crippen LogP contribution in [0.15, 0.2) is 182 Å². The Hall–Kier alpha value is -6.42. The number of hydrogen-bond acceptors (Lipinski definition) is 1. The third-order valence-electron chi connectivity index (χ3n) is 10.5. The average Bonchev–Trinajstić information content (AvgIpc) is 3.85. The van der Waals surface area contributed by atoms with E-state index in [2.05, 4.69) is 191 Å². The molecule has 0 saturated carbocycles. The Morgan fingerprint density at radius 3 is 1.76 bits per heavy atom. The average molecular weight is 667 g/mol. The molecule has 51 heavy (non-hydrogen) atoms. The van der Waals surface area contributed by atoms with Crippen molar-refractivity contribution in [3.8, 4) is 33.6 Å². The van der Waals surface area contributed by atoms with Crippen molar-refractivity contribution in [2.45, 2.75) is 0 Å². The molecule has 2 nitrogen and oxygen atoms in total. The molecule has 8 aromatic carbocycles. The summed E-state index contributed by atoms with van der Waals surface area (Å²) in [4.78, 5) is 0. The van der Waals surface area contributed by atoms with E-state index in [1.807, 2.05) is 11.3 Å². The van der Waals surface area contributed by atoms with Crippen LogP contribution in [-0.2, 0) is 0 Å². The van der Waals surface area contributed by atoms with E-state index in [1.54, 1.807) is 0 Å². The van der Waals surface area contributed by atoms with Gasteiger partial charge in [0.15, 0.2) is 0 Å². The standard InChI is InChI=1S/C48H30N2S/c1-3-13-31(14-4-1)47-35(32-23-26-43-39(29-32)36-17-7-10-20-41(36)49(43)33-15-5-2-6-16-33)25-27-44-48(47)38-19-8-11-21-42(38)50(44)34-24-28-46-40(30-34)37-18-9-12-22-45(37)51-46/h1-30H. The summed E-state index contributed by atoms with van der Waals surface area (Å²) < 4.78 is 7.49. The Kier molecular flexibility index (Phi) is 6.16. The second kappa shape index (κ2) is 11.0. The zero-order valence-electron chi connectivity index (χ0n) is 27.6. The molecule has 0 amide bonds. The van der Waals surface area contributed by atoms with Crippen LogP contribution in [0.5, 0.6) is 0 Å². The maximum absolute atomic E-state index is 2.46. The third-order valence-corrected chi connectivity index (χ3v) is 11.7. The van der Waals surface area contributed by atoms with E-state index in [9.17, 15) is 0 Å². The maximum atomic E-state index is 2.46. The van der Waals surface area contributed by atoms with Crippen molar-refractivity contribution < 1.29 is 0 Å². The number of rotatable bonds is 4. The van der Waals surface area contributed by atoms with Crippen LogP contribution < -0.4 is 0 Å². The van der Waals surface area contributed by atoms with E-state index in [4.69, 9.17) is 0 Å². The lowest BCUT2D eigenvalue weighted by atomic mass is 9.90. The molecule has 0 aliphatic heterocycles. The van der Waals surface area contributed by atoms with Crippen molar-refractivity contribution >= 4 is 75.1 Å². The number of aromatic nitrogens is 2. The lowest BCUT2D eigenvalue weighted by Crippen LogP contribution is -1.94. The van der Waals surface area contributed by atoms with Gasteiger partial charge in [-0.3, -0.25) is 0 Å². The van der Waals surface area contributed by atoms with Crippen LogP contribution in [0.4, 0.5) is 0 Å². The molecule has 0 unspecified atom stereocenters. The van der Waals surface area contributed by atoms with Crippen molar-refractivity contribution in [1.29, 1.82) is 0 Å². The first-order chi connectivity index (χ1) is 25.3. The van der Waals surface area contributed by atoms with E-state index < -0.39 is 0 Å². The minimum Gasteiger partial charge on any atom is -0.309 e. The number of thiophene rings is 1. The van der Waals surface area contributed by atoms with Gasteiger partial charge in [-0.2, -0.15) is 0 Å². The summed E-state index contributed by atoms with van der Waals surface area (Å²) in [5.74, 6) is 0. The van der Waals surface area contributed by atoms with Gasteiger partial charge in [0.05, 0.1) is 22.1 Å². The molecule has 0 atom stereocenters. The fraction of sp³-hybridized carbons (Fsp3) is 0. The quantitative estimate of drug-likeness (QED) is 0.177. The second-order valence-electron chi connectivity index (χ2n) is 13.3. The zero-order valence-corrected chi connectivity index (χ0v) is 28.4. The fourth-order valence-electron chi connectivity index (χ4n) is 8.33. The van der Waals surface area contributed by atoms with E-state index in [0.717, 1.165) is 0 Å². The van der Waals surface area contributed by atoms with Crippen LogP contribution in [0.1, 0.15) is 0 Å². The number of benzene rings is 8. The molecule has 11 rings (SSSR count). The second-order valence-corrected chi connectivity index (χ2v) is 14.4. The summed E-state index contributed by atoms with van der Waals surface area (Å²) >= 11 is 1.86. The summed E-state index contributed by atoms with van der Waals surface area (Å²) in [7, 11) is 0. The van der Waals surface area contributed by atoms with E-state index in [-0.39, 0.29) is 0 Å². The minimum absolute atomic E-state index is 1.17. The predicted molar refractivity (Wildman–Crippen MR) is 219 cm³/mol. The molecular weight excluding hydrogens is 637 g/mol. The highest BCUT2D eigenvalue weighted by atomic mass is 32.1. The summed E-state index contributed by atoms with van der Waals surface area (Å²) in [6, 6.07) is 66.7. The van der Waals surface area contributed by atoms with Gasteiger partial charge in [0, 0.05) is 53.1 Å². The Morgan fingerprint density at radius 2 is 0.941 bits per heavy atom. The van der Waals surface area contributed by atoms with E-state index >= 15 is 0 Å². The van der Waals surface area contributed by atoms with Crippen LogP contribution in [0.2, 0.25) is 0 Å². The van der Waals surface area contributed by atoms with Crippen LogP contribution in [0.3, 0.4) is 0 Å². The molecule has 0 radical (unpaired) electrons. The molecule has 11 aromatic rings. The van der Waals surface area contributed by atoms with Crippen molar-refractivity contribution in [1.82, 2.24) is 9.13 Å². The number of para-hydroxylation sites is 3. The predicted octanol–water partition coefficient (Wildman–Crippen LogP) is 13.6. The molecule has 0 fully saturated rings. The van der Waals surface area contributed by atoms with Crippen LogP contribution >= 0.6 is 11.3 Å². The molecule has 0 aliphatic carbocycles. The smallest absolute Gasteiger partial charge is 0.0547 e. The highest BCUT2D eigenvalue weighted by Gasteiger charge is 2.21. The largest absolute Gasteiger partial charge is 0.309 e. The van der Waals surface area contributed by atoms with E-state index in [1.165, 1.54) is 97.4 Å². The first-order valence-corrected chi connectivity index (χ1v) is 18.3. The number of hydrogen-bond donors (Lipinski definition) is 0. The summed E-state index contributed by atoms with van der Waals surface area (Å²) in [5.41, 5.74) is 12.1. The van der Waals surface area contributed by atoms with Gasteiger partial charge in [0.25, 0.3) is 0 Å². The molecule has 3 aromatic heterocycles. The fourth-order valence-corrected chi connectivity index (χ4v) is 9.42. The molecule has 0 saturated heterocycles. The summed E-state index contributed by atoms with van der Waals surface area (Å²) in [6.07, 6.45) is 0. The van der Waals surface area contributed by atoms with Crippen molar-refractivity contribution in [3.05, 3.63) is 182 Å². The molecule has 3 heterocycles. The first-order valence-electron chi connectivity index (χ1n) is 17.4. The van der Waals surface area contributed by atoms with Crippen LogP contribution in [0.25, 0.3) is 97.4 Å². The molecule has 238 valence electrons. The Morgan fingerprint density at radius 1 is 0.333 bits per heavy atom. The summed E-state index contributed by atoms with van der Waals surface area (Å²) in [5, 5.41) is 7.66. The van der Waals surface area contributed by atoms with Crippen molar-refractivity contribution in [2.75, 3.05) is 0 Å². The lowest BCUT2D eigenvalue weighted by Gasteiger charge is -2.15. The first kappa shape index (κ1) is 28.4. The van der Waals surface area contributed by atoms with Crippen LogP contribution in [-0.4, -0.2) is 9.13 Å². The molecule has 3 heteroatoms. The molecule has 0 aliphatic rings. The Bertz CT molecular complexity index is 3130. The molecule has 0 bridgehead atoms. The highest BCUT2D eigenvalue weighted by Crippen LogP contribution is 2.45. The van der Waals surface area contributed by atoms with Gasteiger partial charge in [-0.1, -0.05) is 115 Å². The van der Waals surface area contributed by atoms with Gasteiger partial charge in [0.1, 0.15) is 0 Å². The Labute approximate surface area is 298 Å². The van der Waals surface area contributed by atoms with E-state index in [0.29, 0.717) is 0 Å². The zero-order chi connectivity index (χ0) is 33.5. The van der Waals surface area contributed by atoms with Gasteiger partial charge in [-0.05, 0) is 89.0 Å². The summed E-state index contributed by atoms with van der Waals surface area (Å²) in [6.45, 7) is 0. The van der Waals surface area contributed by atoms with Crippen molar-refractivity contribution in [3.63, 3.8) is 0 Å². The lowest BCUT2D eigenvalue weighted by molar-refractivity contribution is 1.18. The van der Waals surface area contributed by atoms with Gasteiger partial charge in [0.2, 0.25) is 0 Å². The van der Waals surface area contributed by atoms with Gasteiger partial charge in [-0.15, -0.1) is 11.3 Å². The van der Waals surface area contributed by atoms with Gasteiger partial charge in [-0.25, -0.2) is 0 Å². The molecular formula is C48H30N2S. The monoisotopic (exact) mass is 666 g/mol. The highest BCUT2D eigenvalue weighted by molar-refractivity contribution is 7.25. The Balaban J connectivity index is 1.21. The minimum atomic E-state index is 1.17. The SMILES string of the molecule is c1ccc(-c2c(-c3ccc4c(c3)c3ccccc3n4-c3ccccc3)ccc3c2c2ccccc2n3-c2ccc3sc4ccccc4c3c2)cc1. The number of fused-ring (bicyclic) bond motifs is 9. The molecule has 0 N–H and O–H groups in total. The molecule has 0 spiro atoms. The number of nitrogens with zero attached hydrogens (tertiary/aromatic N) is 2. The van der Waals surface area contributed by atoms with Crippen LogP contribution in [0, 0.1) is 0 Å².